The van der Waals surface area contributed by atoms with E-state index in [9.17, 15) is 0 Å². The van der Waals surface area contributed by atoms with Crippen LogP contribution in [0.1, 0.15) is 79.1 Å². The van der Waals surface area contributed by atoms with Crippen molar-refractivity contribution in [2.45, 2.75) is 97.3 Å². The summed E-state index contributed by atoms with van der Waals surface area (Å²) >= 11 is 0. The zero-order valence-corrected chi connectivity index (χ0v) is 13.6. The maximum atomic E-state index is 6.48. The van der Waals surface area contributed by atoms with Crippen LogP contribution in [0.5, 0.6) is 0 Å². The summed E-state index contributed by atoms with van der Waals surface area (Å²) in [5.74, 6) is 0.903. The highest BCUT2D eigenvalue weighted by Crippen LogP contribution is 2.30. The summed E-state index contributed by atoms with van der Waals surface area (Å²) in [5.41, 5.74) is 0. The van der Waals surface area contributed by atoms with Crippen LogP contribution in [-0.4, -0.2) is 24.8 Å². The minimum Gasteiger partial charge on any atom is -0.373 e. The molecule has 0 aromatic rings. The summed E-state index contributed by atoms with van der Waals surface area (Å²) in [7, 11) is 0. The Bertz CT molecular complexity index is 213. The highest BCUT2D eigenvalue weighted by Gasteiger charge is 2.26. The van der Waals surface area contributed by atoms with Gasteiger partial charge in [-0.05, 0) is 38.1 Å². The second kappa shape index (κ2) is 9.77. The lowest BCUT2D eigenvalue weighted by atomic mass is 9.85. The number of hydrogen-bond donors (Lipinski definition) is 1. The minimum atomic E-state index is 0.403. The molecule has 114 valence electrons. The highest BCUT2D eigenvalue weighted by molar-refractivity contribution is 4.79. The second-order valence-electron chi connectivity index (χ2n) is 6.10. The molecule has 19 heavy (non-hydrogen) atoms. The smallest absolute Gasteiger partial charge is 0.0729 e. The summed E-state index contributed by atoms with van der Waals surface area (Å²) in [6, 6.07) is 0.544. The van der Waals surface area contributed by atoms with Crippen LogP contribution in [0.15, 0.2) is 0 Å². The van der Waals surface area contributed by atoms with Crippen LogP contribution in [0, 0.1) is 5.92 Å². The molecule has 4 atom stereocenters. The van der Waals surface area contributed by atoms with Gasteiger partial charge in [-0.3, -0.25) is 0 Å². The average molecular weight is 269 g/mol. The molecular weight excluding hydrogens is 234 g/mol. The van der Waals surface area contributed by atoms with E-state index in [1.165, 1.54) is 44.9 Å². The van der Waals surface area contributed by atoms with Crippen molar-refractivity contribution in [1.82, 2.24) is 5.32 Å². The van der Waals surface area contributed by atoms with Gasteiger partial charge in [0.2, 0.25) is 0 Å². The van der Waals surface area contributed by atoms with Gasteiger partial charge in [0.25, 0.3) is 0 Å². The van der Waals surface area contributed by atoms with Crippen LogP contribution < -0.4 is 5.32 Å². The zero-order chi connectivity index (χ0) is 14.1. The van der Waals surface area contributed by atoms with Gasteiger partial charge in [0.1, 0.15) is 0 Å². The van der Waals surface area contributed by atoms with Gasteiger partial charge in [-0.25, -0.2) is 0 Å². The van der Waals surface area contributed by atoms with Gasteiger partial charge in [0, 0.05) is 6.04 Å². The molecule has 0 aromatic heterocycles. The van der Waals surface area contributed by atoms with Crippen LogP contribution in [0.3, 0.4) is 0 Å². The van der Waals surface area contributed by atoms with Crippen molar-refractivity contribution in [2.24, 2.45) is 5.92 Å². The van der Waals surface area contributed by atoms with Gasteiger partial charge >= 0.3 is 0 Å². The lowest BCUT2D eigenvalue weighted by Gasteiger charge is -2.35. The van der Waals surface area contributed by atoms with Crippen molar-refractivity contribution < 1.29 is 4.74 Å². The third kappa shape index (κ3) is 5.83. The average Bonchev–Trinajstić information content (AvgIpc) is 2.45. The maximum absolute atomic E-state index is 6.48. The van der Waals surface area contributed by atoms with Gasteiger partial charge in [-0.2, -0.15) is 0 Å². The number of ether oxygens (including phenoxy) is 1. The Morgan fingerprint density at radius 2 is 1.95 bits per heavy atom. The molecular formula is C17H35NO. The predicted octanol–water partition coefficient (Wildman–Crippen LogP) is 4.53. The predicted molar refractivity (Wildman–Crippen MR) is 83.6 cm³/mol. The molecule has 1 N–H and O–H groups in total. The largest absolute Gasteiger partial charge is 0.373 e. The first-order valence-corrected chi connectivity index (χ1v) is 8.63. The van der Waals surface area contributed by atoms with Gasteiger partial charge < -0.3 is 10.1 Å². The molecule has 0 saturated heterocycles. The molecule has 0 aromatic carbocycles. The Labute approximate surface area is 120 Å². The number of rotatable bonds is 9. The van der Waals surface area contributed by atoms with Crippen LogP contribution in [0.2, 0.25) is 0 Å². The molecule has 2 nitrogen and oxygen atoms in total. The quantitative estimate of drug-likeness (QED) is 0.664. The second-order valence-corrected chi connectivity index (χ2v) is 6.10. The Kier molecular flexibility index (Phi) is 8.72. The van der Waals surface area contributed by atoms with E-state index in [2.05, 4.69) is 33.0 Å². The van der Waals surface area contributed by atoms with E-state index in [-0.39, 0.29) is 0 Å². The third-order valence-electron chi connectivity index (χ3n) is 4.60. The summed E-state index contributed by atoms with van der Waals surface area (Å²) < 4.78 is 6.48. The lowest BCUT2D eigenvalue weighted by molar-refractivity contribution is -0.0585. The maximum Gasteiger partial charge on any atom is 0.0729 e. The molecule has 0 spiro atoms. The Hall–Kier alpha value is -0.0800. The first-order chi connectivity index (χ1) is 9.24. The van der Waals surface area contributed by atoms with Crippen LogP contribution in [0.25, 0.3) is 0 Å². The standard InChI is InChI=1S/C17H35NO/c1-5-10-16(18-8-4)17(7-3)19-15-12-9-11-14(6-2)13-15/h14-18H,5-13H2,1-4H3. The molecule has 1 aliphatic carbocycles. The van der Waals surface area contributed by atoms with Crippen molar-refractivity contribution in [2.75, 3.05) is 6.54 Å². The van der Waals surface area contributed by atoms with Gasteiger partial charge in [0.15, 0.2) is 0 Å². The third-order valence-corrected chi connectivity index (χ3v) is 4.60. The zero-order valence-electron chi connectivity index (χ0n) is 13.6. The van der Waals surface area contributed by atoms with Gasteiger partial charge in [-0.15, -0.1) is 0 Å². The van der Waals surface area contributed by atoms with Crippen molar-refractivity contribution >= 4 is 0 Å². The molecule has 1 aliphatic rings. The van der Waals surface area contributed by atoms with Crippen molar-refractivity contribution in [1.29, 1.82) is 0 Å². The van der Waals surface area contributed by atoms with E-state index in [0.29, 0.717) is 18.2 Å². The molecule has 1 rings (SSSR count). The van der Waals surface area contributed by atoms with E-state index >= 15 is 0 Å². The van der Waals surface area contributed by atoms with E-state index in [1.54, 1.807) is 0 Å². The van der Waals surface area contributed by atoms with Crippen molar-refractivity contribution in [3.05, 3.63) is 0 Å². The molecule has 1 fully saturated rings. The van der Waals surface area contributed by atoms with Gasteiger partial charge in [-0.1, -0.05) is 53.4 Å². The molecule has 0 aliphatic heterocycles. The number of nitrogens with one attached hydrogen (secondary N) is 1. The SMILES string of the molecule is CCCC(NCC)C(CC)OC1CCCC(CC)C1. The van der Waals surface area contributed by atoms with Crippen LogP contribution in [-0.2, 0) is 4.74 Å². The van der Waals surface area contributed by atoms with Crippen molar-refractivity contribution in [3.8, 4) is 0 Å². The topological polar surface area (TPSA) is 21.3 Å². The van der Waals surface area contributed by atoms with E-state index < -0.39 is 0 Å². The molecule has 0 radical (unpaired) electrons. The first-order valence-electron chi connectivity index (χ1n) is 8.63. The molecule has 0 bridgehead atoms. The molecule has 0 heterocycles. The molecule has 4 unspecified atom stereocenters. The minimum absolute atomic E-state index is 0.403. The highest BCUT2D eigenvalue weighted by atomic mass is 16.5. The molecule has 2 heteroatoms. The summed E-state index contributed by atoms with van der Waals surface area (Å²) in [5, 5.41) is 3.62. The normalized spacial score (nSPS) is 27.2. The Morgan fingerprint density at radius 3 is 2.53 bits per heavy atom. The van der Waals surface area contributed by atoms with Gasteiger partial charge in [0.05, 0.1) is 12.2 Å². The van der Waals surface area contributed by atoms with Crippen LogP contribution in [0.4, 0.5) is 0 Å². The van der Waals surface area contributed by atoms with E-state index in [4.69, 9.17) is 4.74 Å². The van der Waals surface area contributed by atoms with Crippen molar-refractivity contribution in [3.63, 3.8) is 0 Å². The molecule has 1 saturated carbocycles. The number of likely N-dealkylation sites (N-methyl/N-ethyl adjacent to an activating group) is 1. The summed E-state index contributed by atoms with van der Waals surface area (Å²) in [6.45, 7) is 10.1. The molecule has 0 amide bonds. The first kappa shape index (κ1) is 17.0. The summed E-state index contributed by atoms with van der Waals surface area (Å²) in [6.07, 6.45) is 11.2. The monoisotopic (exact) mass is 269 g/mol. The fourth-order valence-corrected chi connectivity index (χ4v) is 3.45. The lowest BCUT2D eigenvalue weighted by Crippen LogP contribution is -2.43. The van der Waals surface area contributed by atoms with Crippen LogP contribution >= 0.6 is 0 Å². The Morgan fingerprint density at radius 1 is 1.16 bits per heavy atom. The van der Waals surface area contributed by atoms with E-state index in [0.717, 1.165) is 18.9 Å². The fourth-order valence-electron chi connectivity index (χ4n) is 3.45. The van der Waals surface area contributed by atoms with E-state index in [1.807, 2.05) is 0 Å². The Balaban J connectivity index is 2.48. The number of hydrogen-bond acceptors (Lipinski definition) is 2. The summed E-state index contributed by atoms with van der Waals surface area (Å²) in [4.78, 5) is 0. The fraction of sp³-hybridized carbons (Fsp3) is 1.00.